The predicted molar refractivity (Wildman–Crippen MR) is 71.9 cm³/mol. The van der Waals surface area contributed by atoms with Gasteiger partial charge in [0.15, 0.2) is 6.10 Å². The molecular formula is C14H25NO4. The molecule has 19 heavy (non-hydrogen) atoms. The van der Waals surface area contributed by atoms with Gasteiger partial charge in [-0.3, -0.25) is 4.79 Å². The largest absolute Gasteiger partial charge is 0.479 e. The van der Waals surface area contributed by atoms with Gasteiger partial charge in [-0.15, -0.1) is 0 Å². The second-order valence-electron chi connectivity index (χ2n) is 6.49. The number of aliphatic carboxylic acids is 1. The number of morpholine rings is 1. The Morgan fingerprint density at radius 3 is 2.47 bits per heavy atom. The van der Waals surface area contributed by atoms with Crippen LogP contribution in [-0.2, 0) is 14.3 Å². The fraction of sp³-hybridized carbons (Fsp3) is 0.857. The minimum absolute atomic E-state index is 0.0330. The van der Waals surface area contributed by atoms with Crippen molar-refractivity contribution < 1.29 is 19.4 Å². The standard InChI is InChI=1S/C14H25NO4/c1-10-8-15(9-11(19-10)13(17)18)12(16)6-5-7-14(2,3)4/h10-11H,5-9H2,1-4H3,(H,17,18)/t10-,11?/m1/s1. The van der Waals surface area contributed by atoms with Crippen molar-refractivity contribution in [3.8, 4) is 0 Å². The molecule has 0 aromatic heterocycles. The molecule has 2 atom stereocenters. The average molecular weight is 271 g/mol. The Kier molecular flexibility index (Phi) is 5.35. The summed E-state index contributed by atoms with van der Waals surface area (Å²) in [7, 11) is 0. The first-order chi connectivity index (χ1) is 8.69. The number of carboxylic acid groups (broad SMARTS) is 1. The fourth-order valence-corrected chi connectivity index (χ4v) is 2.22. The molecule has 0 saturated carbocycles. The minimum Gasteiger partial charge on any atom is -0.479 e. The van der Waals surface area contributed by atoms with E-state index in [0.717, 1.165) is 12.8 Å². The van der Waals surface area contributed by atoms with Crippen molar-refractivity contribution >= 4 is 11.9 Å². The van der Waals surface area contributed by atoms with Crippen LogP contribution in [0.3, 0.4) is 0 Å². The van der Waals surface area contributed by atoms with E-state index in [0.29, 0.717) is 13.0 Å². The zero-order valence-corrected chi connectivity index (χ0v) is 12.3. The molecule has 1 saturated heterocycles. The van der Waals surface area contributed by atoms with Gasteiger partial charge in [-0.1, -0.05) is 20.8 Å². The Bertz CT molecular complexity index is 335. The van der Waals surface area contributed by atoms with E-state index < -0.39 is 12.1 Å². The summed E-state index contributed by atoms with van der Waals surface area (Å²) in [5.74, 6) is -0.968. The molecule has 1 rings (SSSR count). The Hall–Kier alpha value is -1.10. The van der Waals surface area contributed by atoms with Gasteiger partial charge in [0.2, 0.25) is 5.91 Å². The molecule has 0 aliphatic carbocycles. The third kappa shape index (κ3) is 5.59. The number of carbonyl (C=O) groups is 2. The van der Waals surface area contributed by atoms with Crippen molar-refractivity contribution in [2.24, 2.45) is 5.41 Å². The van der Waals surface area contributed by atoms with Crippen LogP contribution in [0.1, 0.15) is 47.0 Å². The summed E-state index contributed by atoms with van der Waals surface area (Å²) in [6, 6.07) is 0. The smallest absolute Gasteiger partial charge is 0.334 e. The van der Waals surface area contributed by atoms with Gasteiger partial charge >= 0.3 is 5.97 Å². The van der Waals surface area contributed by atoms with Crippen molar-refractivity contribution in [3.05, 3.63) is 0 Å². The predicted octanol–water partition coefficient (Wildman–Crippen LogP) is 1.90. The van der Waals surface area contributed by atoms with Gasteiger partial charge < -0.3 is 14.7 Å². The SMILES string of the molecule is C[C@@H]1CN(C(=O)CCCC(C)(C)C)CC(C(=O)O)O1. The Labute approximate surface area is 114 Å². The molecule has 1 fully saturated rings. The molecule has 0 radical (unpaired) electrons. The van der Waals surface area contributed by atoms with E-state index in [1.54, 1.807) is 11.8 Å². The van der Waals surface area contributed by atoms with Crippen molar-refractivity contribution in [2.75, 3.05) is 13.1 Å². The first kappa shape index (κ1) is 16.0. The molecule has 110 valence electrons. The molecule has 0 bridgehead atoms. The molecule has 1 aliphatic heterocycles. The molecule has 0 aromatic carbocycles. The molecule has 1 N–H and O–H groups in total. The van der Waals surface area contributed by atoms with Crippen LogP contribution in [0, 0.1) is 5.41 Å². The molecule has 1 unspecified atom stereocenters. The second kappa shape index (κ2) is 6.37. The molecule has 1 aliphatic rings. The van der Waals surface area contributed by atoms with Crippen LogP contribution in [-0.4, -0.2) is 47.2 Å². The summed E-state index contributed by atoms with van der Waals surface area (Å²) >= 11 is 0. The number of ether oxygens (including phenoxy) is 1. The molecule has 0 aromatic rings. The van der Waals surface area contributed by atoms with Crippen molar-refractivity contribution in [3.63, 3.8) is 0 Å². The fourth-order valence-electron chi connectivity index (χ4n) is 2.22. The highest BCUT2D eigenvalue weighted by Crippen LogP contribution is 2.22. The number of carbonyl (C=O) groups excluding carboxylic acids is 1. The lowest BCUT2D eigenvalue weighted by atomic mass is 9.90. The molecule has 5 heteroatoms. The lowest BCUT2D eigenvalue weighted by Crippen LogP contribution is -2.51. The van der Waals surface area contributed by atoms with Crippen molar-refractivity contribution in [1.29, 1.82) is 0 Å². The number of hydrogen-bond acceptors (Lipinski definition) is 3. The lowest BCUT2D eigenvalue weighted by Gasteiger charge is -2.35. The molecule has 1 amide bonds. The highest BCUT2D eigenvalue weighted by molar-refractivity contribution is 5.78. The third-order valence-corrected chi connectivity index (χ3v) is 3.21. The maximum Gasteiger partial charge on any atom is 0.334 e. The number of nitrogens with zero attached hydrogens (tertiary/aromatic N) is 1. The van der Waals surface area contributed by atoms with E-state index in [2.05, 4.69) is 20.8 Å². The zero-order chi connectivity index (χ0) is 14.6. The van der Waals surface area contributed by atoms with Gasteiger partial charge in [0.25, 0.3) is 0 Å². The maximum atomic E-state index is 12.1. The summed E-state index contributed by atoms with van der Waals surface area (Å²) in [5.41, 5.74) is 0.224. The lowest BCUT2D eigenvalue weighted by molar-refractivity contribution is -0.166. The van der Waals surface area contributed by atoms with Crippen molar-refractivity contribution in [2.45, 2.75) is 59.2 Å². The summed E-state index contributed by atoms with van der Waals surface area (Å²) in [6.45, 7) is 8.88. The average Bonchev–Trinajstić information content (AvgIpc) is 2.26. The highest BCUT2D eigenvalue weighted by Gasteiger charge is 2.32. The third-order valence-electron chi connectivity index (χ3n) is 3.21. The molecule has 0 spiro atoms. The normalized spacial score (nSPS) is 24.3. The minimum atomic E-state index is -1.00. The first-order valence-electron chi connectivity index (χ1n) is 6.85. The number of carboxylic acids is 1. The second-order valence-corrected chi connectivity index (χ2v) is 6.49. The maximum absolute atomic E-state index is 12.1. The topological polar surface area (TPSA) is 66.8 Å². The summed E-state index contributed by atoms with van der Waals surface area (Å²) in [5, 5.41) is 8.98. The summed E-state index contributed by atoms with van der Waals surface area (Å²) < 4.78 is 5.29. The van der Waals surface area contributed by atoms with E-state index in [-0.39, 0.29) is 24.0 Å². The zero-order valence-electron chi connectivity index (χ0n) is 12.3. The van der Waals surface area contributed by atoms with Gasteiger partial charge in [-0.25, -0.2) is 4.79 Å². The number of rotatable bonds is 4. The van der Waals surface area contributed by atoms with Gasteiger partial charge in [-0.05, 0) is 25.2 Å². The molecule has 1 heterocycles. The van der Waals surface area contributed by atoms with Crippen LogP contribution in [0.5, 0.6) is 0 Å². The highest BCUT2D eigenvalue weighted by atomic mass is 16.5. The van der Waals surface area contributed by atoms with Gasteiger partial charge in [0, 0.05) is 13.0 Å². The first-order valence-corrected chi connectivity index (χ1v) is 6.85. The Morgan fingerprint density at radius 2 is 1.95 bits per heavy atom. The molecular weight excluding hydrogens is 246 g/mol. The van der Waals surface area contributed by atoms with Crippen molar-refractivity contribution in [1.82, 2.24) is 4.90 Å². The van der Waals surface area contributed by atoms with E-state index in [4.69, 9.17) is 9.84 Å². The summed E-state index contributed by atoms with van der Waals surface area (Å²) in [4.78, 5) is 24.6. The number of amides is 1. The number of hydrogen-bond donors (Lipinski definition) is 1. The summed E-state index contributed by atoms with van der Waals surface area (Å²) in [6.07, 6.45) is 1.19. The van der Waals surface area contributed by atoms with E-state index in [9.17, 15) is 9.59 Å². The Balaban J connectivity index is 2.45. The van der Waals surface area contributed by atoms with Gasteiger partial charge in [0.05, 0.1) is 12.6 Å². The van der Waals surface area contributed by atoms with Crippen LogP contribution >= 0.6 is 0 Å². The van der Waals surface area contributed by atoms with Crippen LogP contribution in [0.25, 0.3) is 0 Å². The van der Waals surface area contributed by atoms with Crippen LogP contribution in [0.2, 0.25) is 0 Å². The van der Waals surface area contributed by atoms with Crippen LogP contribution in [0.4, 0.5) is 0 Å². The van der Waals surface area contributed by atoms with Gasteiger partial charge in [0.1, 0.15) is 0 Å². The quantitative estimate of drug-likeness (QED) is 0.848. The monoisotopic (exact) mass is 271 g/mol. The Morgan fingerprint density at radius 1 is 1.32 bits per heavy atom. The van der Waals surface area contributed by atoms with E-state index >= 15 is 0 Å². The van der Waals surface area contributed by atoms with E-state index in [1.165, 1.54) is 0 Å². The van der Waals surface area contributed by atoms with Crippen LogP contribution in [0.15, 0.2) is 0 Å². The van der Waals surface area contributed by atoms with E-state index in [1.807, 2.05) is 0 Å². The van der Waals surface area contributed by atoms with Crippen LogP contribution < -0.4 is 0 Å². The van der Waals surface area contributed by atoms with Gasteiger partial charge in [-0.2, -0.15) is 0 Å². The molecule has 5 nitrogen and oxygen atoms in total.